The van der Waals surface area contributed by atoms with Crippen LogP contribution in [-0.2, 0) is 16.6 Å². The molecule has 1 unspecified atom stereocenters. The van der Waals surface area contributed by atoms with E-state index >= 15 is 0 Å². The molecule has 2 amide bonds. The Morgan fingerprint density at radius 3 is 2.48 bits per heavy atom. The molecular weight excluding hydrogens is 390 g/mol. The lowest BCUT2D eigenvalue weighted by molar-refractivity contribution is -0.140. The summed E-state index contributed by atoms with van der Waals surface area (Å²) >= 11 is 0. The third kappa shape index (κ3) is 4.94. The number of aryl methyl sites for hydroxylation is 1. The van der Waals surface area contributed by atoms with Crippen molar-refractivity contribution in [3.8, 4) is 0 Å². The number of halogens is 1. The maximum absolute atomic E-state index is 13.3. The van der Waals surface area contributed by atoms with Crippen LogP contribution < -0.4 is 10.6 Å². The van der Waals surface area contributed by atoms with Crippen molar-refractivity contribution in [1.82, 2.24) is 25.1 Å². The number of nitrogens with one attached hydrogen (secondary N) is 2. The molecule has 1 atom stereocenters. The van der Waals surface area contributed by atoms with Crippen LogP contribution in [0.4, 0.5) is 0 Å². The number of amides is 2. The van der Waals surface area contributed by atoms with Gasteiger partial charge in [0.15, 0.2) is 0 Å². The third-order valence-corrected chi connectivity index (χ3v) is 6.83. The van der Waals surface area contributed by atoms with E-state index in [-0.39, 0.29) is 48.1 Å². The minimum atomic E-state index is 0. The van der Waals surface area contributed by atoms with Crippen LogP contribution in [0.2, 0.25) is 0 Å². The maximum atomic E-state index is 13.3. The summed E-state index contributed by atoms with van der Waals surface area (Å²) in [6.45, 7) is 2.32. The first-order valence-corrected chi connectivity index (χ1v) is 10.9. The van der Waals surface area contributed by atoms with Crippen LogP contribution >= 0.6 is 12.4 Å². The molecule has 1 saturated heterocycles. The summed E-state index contributed by atoms with van der Waals surface area (Å²) in [6, 6.07) is 0.242. The SMILES string of the molecule is Cl.Cn1ccnc1C1CNCCN1C(=O)C1CCC(NC(=O)C2CCCC2)CC1. The Hall–Kier alpha value is -1.60. The van der Waals surface area contributed by atoms with Gasteiger partial charge in [0.05, 0.1) is 0 Å². The average molecular weight is 424 g/mol. The molecule has 2 N–H and O–H groups in total. The lowest BCUT2D eigenvalue weighted by Gasteiger charge is -2.39. The van der Waals surface area contributed by atoms with Crippen molar-refractivity contribution in [2.75, 3.05) is 19.6 Å². The van der Waals surface area contributed by atoms with Crippen molar-refractivity contribution in [1.29, 1.82) is 0 Å². The second-order valence-corrected chi connectivity index (χ2v) is 8.69. The van der Waals surface area contributed by atoms with Crippen LogP contribution in [0.25, 0.3) is 0 Å². The predicted molar refractivity (Wildman–Crippen MR) is 114 cm³/mol. The molecule has 162 valence electrons. The predicted octanol–water partition coefficient (Wildman–Crippen LogP) is 2.18. The van der Waals surface area contributed by atoms with E-state index in [9.17, 15) is 9.59 Å². The molecule has 29 heavy (non-hydrogen) atoms. The third-order valence-electron chi connectivity index (χ3n) is 6.83. The number of hydrogen-bond donors (Lipinski definition) is 2. The molecule has 3 aliphatic rings. The van der Waals surface area contributed by atoms with Crippen LogP contribution in [0.3, 0.4) is 0 Å². The molecule has 1 aromatic heterocycles. The van der Waals surface area contributed by atoms with Crippen LogP contribution in [0, 0.1) is 11.8 Å². The Morgan fingerprint density at radius 2 is 1.83 bits per heavy atom. The van der Waals surface area contributed by atoms with Gasteiger partial charge in [0, 0.05) is 57.0 Å². The van der Waals surface area contributed by atoms with Gasteiger partial charge in [-0.2, -0.15) is 0 Å². The van der Waals surface area contributed by atoms with Crippen molar-refractivity contribution in [2.24, 2.45) is 18.9 Å². The van der Waals surface area contributed by atoms with Crippen LogP contribution in [0.15, 0.2) is 12.4 Å². The highest BCUT2D eigenvalue weighted by molar-refractivity contribution is 5.85. The van der Waals surface area contributed by atoms with Gasteiger partial charge in [-0.25, -0.2) is 4.98 Å². The number of carbonyl (C=O) groups is 2. The largest absolute Gasteiger partial charge is 0.353 e. The van der Waals surface area contributed by atoms with Gasteiger partial charge in [0.25, 0.3) is 0 Å². The Kier molecular flexibility index (Phi) is 7.57. The molecule has 2 aliphatic carbocycles. The van der Waals surface area contributed by atoms with Gasteiger partial charge in [-0.05, 0) is 38.5 Å². The molecule has 0 spiro atoms. The first-order chi connectivity index (χ1) is 13.6. The summed E-state index contributed by atoms with van der Waals surface area (Å²) in [5.74, 6) is 1.73. The summed E-state index contributed by atoms with van der Waals surface area (Å²) in [7, 11) is 1.98. The molecule has 1 aliphatic heterocycles. The van der Waals surface area contributed by atoms with E-state index in [1.54, 1.807) is 6.20 Å². The molecule has 2 heterocycles. The van der Waals surface area contributed by atoms with Crippen LogP contribution in [0.5, 0.6) is 0 Å². The zero-order valence-electron chi connectivity index (χ0n) is 17.3. The number of rotatable bonds is 4. The molecule has 1 aromatic rings. The van der Waals surface area contributed by atoms with E-state index in [0.717, 1.165) is 64.0 Å². The van der Waals surface area contributed by atoms with Crippen molar-refractivity contribution in [2.45, 2.75) is 63.5 Å². The quantitative estimate of drug-likeness (QED) is 0.777. The first-order valence-electron chi connectivity index (χ1n) is 10.9. The summed E-state index contributed by atoms with van der Waals surface area (Å²) in [5, 5.41) is 6.65. The first kappa shape index (κ1) is 22.1. The Morgan fingerprint density at radius 1 is 1.10 bits per heavy atom. The normalized spacial score (nSPS) is 28.0. The van der Waals surface area contributed by atoms with E-state index in [4.69, 9.17) is 0 Å². The van der Waals surface area contributed by atoms with E-state index in [1.807, 2.05) is 22.7 Å². The Balaban J connectivity index is 0.00000240. The van der Waals surface area contributed by atoms with Crippen molar-refractivity contribution in [3.05, 3.63) is 18.2 Å². The standard InChI is InChI=1S/C21H33N5O2.ClH/c1-25-12-11-23-19(25)18-14-22-10-13-26(18)21(28)16-6-8-17(9-7-16)24-20(27)15-4-2-3-5-15;/h11-12,15-18,22H,2-10,13-14H2,1H3,(H,24,27);1H. The highest BCUT2D eigenvalue weighted by atomic mass is 35.5. The fourth-order valence-corrected chi connectivity index (χ4v) is 5.12. The molecular formula is C21H34ClN5O2. The van der Waals surface area contributed by atoms with Crippen molar-refractivity contribution >= 4 is 24.2 Å². The second kappa shape index (κ2) is 9.94. The lowest BCUT2D eigenvalue weighted by atomic mass is 9.84. The van der Waals surface area contributed by atoms with Gasteiger partial charge in [0.2, 0.25) is 11.8 Å². The summed E-state index contributed by atoms with van der Waals surface area (Å²) in [4.78, 5) is 32.2. The minimum Gasteiger partial charge on any atom is -0.353 e. The number of hydrogen-bond acceptors (Lipinski definition) is 4. The topological polar surface area (TPSA) is 79.3 Å². The zero-order chi connectivity index (χ0) is 19.5. The summed E-state index contributed by atoms with van der Waals surface area (Å²) in [6.07, 6.45) is 11.7. The fraction of sp³-hybridized carbons (Fsp3) is 0.762. The van der Waals surface area contributed by atoms with E-state index in [0.29, 0.717) is 0 Å². The molecule has 4 rings (SSSR count). The monoisotopic (exact) mass is 423 g/mol. The summed E-state index contributed by atoms with van der Waals surface area (Å²) in [5.41, 5.74) is 0. The van der Waals surface area contributed by atoms with Gasteiger partial charge in [-0.3, -0.25) is 9.59 Å². The second-order valence-electron chi connectivity index (χ2n) is 8.69. The average Bonchev–Trinajstić information content (AvgIpc) is 3.40. The van der Waals surface area contributed by atoms with Crippen molar-refractivity contribution < 1.29 is 9.59 Å². The van der Waals surface area contributed by atoms with E-state index in [1.165, 1.54) is 12.8 Å². The van der Waals surface area contributed by atoms with Crippen LogP contribution in [-0.4, -0.2) is 51.9 Å². The van der Waals surface area contributed by atoms with E-state index in [2.05, 4.69) is 15.6 Å². The fourth-order valence-electron chi connectivity index (χ4n) is 5.12. The van der Waals surface area contributed by atoms with Gasteiger partial charge in [0.1, 0.15) is 11.9 Å². The number of imidazole rings is 1. The maximum Gasteiger partial charge on any atom is 0.226 e. The molecule has 3 fully saturated rings. The van der Waals surface area contributed by atoms with Gasteiger partial charge in [-0.1, -0.05) is 12.8 Å². The Bertz CT molecular complexity index is 695. The number of aromatic nitrogens is 2. The molecule has 0 aromatic carbocycles. The molecule has 2 saturated carbocycles. The minimum absolute atomic E-state index is 0. The van der Waals surface area contributed by atoms with E-state index < -0.39 is 0 Å². The van der Waals surface area contributed by atoms with Crippen LogP contribution in [0.1, 0.15) is 63.2 Å². The molecule has 8 heteroatoms. The van der Waals surface area contributed by atoms with Crippen molar-refractivity contribution in [3.63, 3.8) is 0 Å². The highest BCUT2D eigenvalue weighted by Crippen LogP contribution is 2.31. The highest BCUT2D eigenvalue weighted by Gasteiger charge is 2.36. The number of piperazine rings is 1. The van der Waals surface area contributed by atoms with Gasteiger partial charge >= 0.3 is 0 Å². The molecule has 0 bridgehead atoms. The molecule has 7 nitrogen and oxygen atoms in total. The van der Waals surface area contributed by atoms with Gasteiger partial charge < -0.3 is 20.1 Å². The Labute approximate surface area is 179 Å². The smallest absolute Gasteiger partial charge is 0.226 e. The summed E-state index contributed by atoms with van der Waals surface area (Å²) < 4.78 is 2.01. The lowest BCUT2D eigenvalue weighted by Crippen LogP contribution is -2.52. The number of carbonyl (C=O) groups excluding carboxylic acids is 2. The zero-order valence-corrected chi connectivity index (χ0v) is 18.1. The number of nitrogens with zero attached hydrogens (tertiary/aromatic N) is 3. The van der Waals surface area contributed by atoms with Gasteiger partial charge in [-0.15, -0.1) is 12.4 Å². The molecule has 0 radical (unpaired) electrons.